The van der Waals surface area contributed by atoms with Crippen LogP contribution in [0.4, 0.5) is 24.7 Å². The predicted octanol–water partition coefficient (Wildman–Crippen LogP) is 4.90. The van der Waals surface area contributed by atoms with Gasteiger partial charge in [0.1, 0.15) is 5.82 Å². The van der Waals surface area contributed by atoms with Gasteiger partial charge in [-0.1, -0.05) is 32.9 Å². The van der Waals surface area contributed by atoms with Crippen molar-refractivity contribution in [3.8, 4) is 0 Å². The summed E-state index contributed by atoms with van der Waals surface area (Å²) in [4.78, 5) is 18.8. The van der Waals surface area contributed by atoms with Crippen LogP contribution in [0.3, 0.4) is 0 Å². The first-order valence-corrected chi connectivity index (χ1v) is 9.42. The lowest BCUT2D eigenvalue weighted by atomic mass is 9.92. The molecule has 9 heteroatoms. The quantitative estimate of drug-likeness (QED) is 0.777. The lowest BCUT2D eigenvalue weighted by Gasteiger charge is -2.19. The molecule has 29 heavy (non-hydrogen) atoms. The van der Waals surface area contributed by atoms with E-state index in [0.717, 1.165) is 23.0 Å². The Morgan fingerprint density at radius 1 is 1.31 bits per heavy atom. The van der Waals surface area contributed by atoms with Crippen LogP contribution in [0.2, 0.25) is 0 Å². The molecule has 1 atom stereocenters. The molecule has 3 heterocycles. The summed E-state index contributed by atoms with van der Waals surface area (Å²) in [6, 6.07) is 2.82. The van der Waals surface area contributed by atoms with Gasteiger partial charge in [0.05, 0.1) is 17.9 Å². The van der Waals surface area contributed by atoms with Gasteiger partial charge in [-0.2, -0.15) is 13.2 Å². The van der Waals surface area contributed by atoms with Crippen molar-refractivity contribution in [1.29, 1.82) is 0 Å². The van der Waals surface area contributed by atoms with Crippen molar-refractivity contribution in [2.45, 2.75) is 59.7 Å². The van der Waals surface area contributed by atoms with Gasteiger partial charge in [0, 0.05) is 24.9 Å². The largest absolute Gasteiger partial charge is 0.436 e. The van der Waals surface area contributed by atoms with Crippen molar-refractivity contribution < 1.29 is 22.5 Å². The minimum Gasteiger partial charge on any atom is -0.362 e. The fourth-order valence-electron chi connectivity index (χ4n) is 3.39. The van der Waals surface area contributed by atoms with Crippen LogP contribution in [0, 0.1) is 12.3 Å². The molecule has 0 unspecified atom stereocenters. The Labute approximate surface area is 167 Å². The van der Waals surface area contributed by atoms with Crippen molar-refractivity contribution in [3.63, 3.8) is 0 Å². The van der Waals surface area contributed by atoms with Gasteiger partial charge in [0.25, 0.3) is 0 Å². The van der Waals surface area contributed by atoms with Crippen molar-refractivity contribution in [2.24, 2.45) is 5.41 Å². The maximum atomic E-state index is 12.7. The Hall–Kier alpha value is -2.58. The van der Waals surface area contributed by atoms with E-state index in [1.165, 1.54) is 0 Å². The fraction of sp³-hybridized carbons (Fsp3) is 0.550. The smallest absolute Gasteiger partial charge is 0.362 e. The Kier molecular flexibility index (Phi) is 5.36. The number of fused-ring (bicyclic) bond motifs is 1. The van der Waals surface area contributed by atoms with E-state index in [-0.39, 0.29) is 29.5 Å². The van der Waals surface area contributed by atoms with Crippen molar-refractivity contribution in [2.75, 3.05) is 16.8 Å². The monoisotopic (exact) mass is 410 g/mol. The van der Waals surface area contributed by atoms with Crippen molar-refractivity contribution in [3.05, 3.63) is 34.8 Å². The molecule has 0 radical (unpaired) electrons. The Morgan fingerprint density at radius 3 is 2.59 bits per heavy atom. The highest BCUT2D eigenvalue weighted by atomic mass is 19.4. The lowest BCUT2D eigenvalue weighted by molar-refractivity contribution is -0.142. The third-order valence-corrected chi connectivity index (χ3v) is 4.67. The molecular weight excluding hydrogens is 385 g/mol. The zero-order chi connectivity index (χ0) is 21.6. The number of hydrogen-bond donors (Lipinski definition) is 1. The first kappa shape index (κ1) is 21.1. The first-order chi connectivity index (χ1) is 13.3. The number of amides is 1. The molecule has 2 aromatic rings. The van der Waals surface area contributed by atoms with Gasteiger partial charge in [0.2, 0.25) is 5.91 Å². The number of pyridine rings is 1. The van der Waals surface area contributed by atoms with Crippen LogP contribution in [-0.4, -0.2) is 22.6 Å². The van der Waals surface area contributed by atoms with Crippen LogP contribution < -0.4 is 10.2 Å². The molecule has 1 aliphatic rings. The minimum atomic E-state index is -4.53. The number of aromatic nitrogens is 2. The number of carbonyl (C=O) groups excluding carboxylic acids is 1. The van der Waals surface area contributed by atoms with Gasteiger partial charge in [-0.15, -0.1) is 0 Å². The highest BCUT2D eigenvalue weighted by Crippen LogP contribution is 2.38. The topological polar surface area (TPSA) is 71.3 Å². The summed E-state index contributed by atoms with van der Waals surface area (Å²) in [5.41, 5.74) is 1.25. The van der Waals surface area contributed by atoms with E-state index in [2.05, 4.69) is 15.5 Å². The maximum absolute atomic E-state index is 12.7. The summed E-state index contributed by atoms with van der Waals surface area (Å²) in [5.74, 6) is 0.620. The van der Waals surface area contributed by atoms with E-state index < -0.39 is 11.9 Å². The van der Waals surface area contributed by atoms with Gasteiger partial charge in [-0.25, -0.2) is 4.98 Å². The van der Waals surface area contributed by atoms with Gasteiger partial charge in [-0.05, 0) is 24.0 Å². The normalized spacial score (nSPS) is 16.8. The van der Waals surface area contributed by atoms with Crippen molar-refractivity contribution >= 4 is 17.4 Å². The highest BCUT2D eigenvalue weighted by molar-refractivity contribution is 5.91. The highest BCUT2D eigenvalue weighted by Gasteiger charge is 2.36. The number of halogens is 3. The fourth-order valence-corrected chi connectivity index (χ4v) is 3.39. The SMILES string of the molecule is Cc1cc2c(nc1NC(=O)CC(C)(C)C)[C@H](C)CN2Cc1cc(C(F)(F)F)no1. The number of aryl methyl sites for hydroxylation is 1. The van der Waals surface area contributed by atoms with Gasteiger partial charge < -0.3 is 14.7 Å². The first-order valence-electron chi connectivity index (χ1n) is 9.42. The molecular formula is C20H25F3N4O2. The molecule has 0 saturated heterocycles. The molecule has 6 nitrogen and oxygen atoms in total. The van der Waals surface area contributed by atoms with E-state index in [4.69, 9.17) is 4.52 Å². The second-order valence-corrected chi connectivity index (χ2v) is 8.80. The van der Waals surface area contributed by atoms with E-state index in [9.17, 15) is 18.0 Å². The van der Waals surface area contributed by atoms with E-state index in [0.29, 0.717) is 18.8 Å². The van der Waals surface area contributed by atoms with E-state index in [1.807, 2.05) is 45.6 Å². The van der Waals surface area contributed by atoms with Gasteiger partial charge in [0.15, 0.2) is 11.5 Å². The number of hydrogen-bond acceptors (Lipinski definition) is 5. The van der Waals surface area contributed by atoms with Crippen LogP contribution in [0.25, 0.3) is 0 Å². The van der Waals surface area contributed by atoms with Crippen LogP contribution in [0.15, 0.2) is 16.7 Å². The van der Waals surface area contributed by atoms with Crippen LogP contribution in [0.1, 0.15) is 62.7 Å². The predicted molar refractivity (Wildman–Crippen MR) is 103 cm³/mol. The standard InChI is InChI=1S/C20H25F3N4O2/c1-11-6-14-17(25-18(11)24-16(28)8-19(3,4)5)12(2)9-27(14)10-13-7-15(26-29-13)20(21,22)23/h6-7,12H,8-10H2,1-5H3,(H,24,25,28)/t12-/m1/s1. The number of carbonyl (C=O) groups is 1. The molecule has 158 valence electrons. The zero-order valence-electron chi connectivity index (χ0n) is 17.1. The zero-order valence-corrected chi connectivity index (χ0v) is 17.1. The van der Waals surface area contributed by atoms with E-state index >= 15 is 0 Å². The molecule has 1 N–H and O–H groups in total. The molecule has 1 amide bonds. The lowest BCUT2D eigenvalue weighted by Crippen LogP contribution is -2.21. The Balaban J connectivity index is 1.80. The number of alkyl halides is 3. The number of nitrogens with zero attached hydrogens (tertiary/aromatic N) is 3. The average Bonchev–Trinajstić information content (AvgIpc) is 3.12. The molecule has 1 aliphatic heterocycles. The van der Waals surface area contributed by atoms with Crippen LogP contribution in [0.5, 0.6) is 0 Å². The summed E-state index contributed by atoms with van der Waals surface area (Å²) in [6.45, 7) is 10.6. The Bertz CT molecular complexity index is 915. The summed E-state index contributed by atoms with van der Waals surface area (Å²) >= 11 is 0. The molecule has 0 spiro atoms. The van der Waals surface area contributed by atoms with Crippen LogP contribution in [-0.2, 0) is 17.5 Å². The number of anilines is 2. The summed E-state index contributed by atoms with van der Waals surface area (Å²) in [6.07, 6.45) is -4.16. The average molecular weight is 410 g/mol. The summed E-state index contributed by atoms with van der Waals surface area (Å²) in [5, 5.41) is 5.99. The van der Waals surface area contributed by atoms with E-state index in [1.54, 1.807) is 0 Å². The minimum absolute atomic E-state index is 0.0638. The summed E-state index contributed by atoms with van der Waals surface area (Å²) in [7, 11) is 0. The van der Waals surface area contributed by atoms with Gasteiger partial charge in [-0.3, -0.25) is 4.79 Å². The number of nitrogens with one attached hydrogen (secondary N) is 1. The molecule has 0 saturated carbocycles. The van der Waals surface area contributed by atoms with Crippen molar-refractivity contribution in [1.82, 2.24) is 10.1 Å². The third-order valence-electron chi connectivity index (χ3n) is 4.67. The number of rotatable bonds is 4. The molecule has 0 aliphatic carbocycles. The second-order valence-electron chi connectivity index (χ2n) is 8.80. The molecule has 0 bridgehead atoms. The Morgan fingerprint density at radius 2 is 2.00 bits per heavy atom. The maximum Gasteiger partial charge on any atom is 0.436 e. The molecule has 0 fully saturated rings. The third kappa shape index (κ3) is 4.89. The molecule has 2 aromatic heterocycles. The summed E-state index contributed by atoms with van der Waals surface area (Å²) < 4.78 is 43.1. The van der Waals surface area contributed by atoms with Crippen LogP contribution >= 0.6 is 0 Å². The molecule has 3 rings (SSSR count). The molecule has 0 aromatic carbocycles. The second kappa shape index (κ2) is 7.35. The van der Waals surface area contributed by atoms with Gasteiger partial charge >= 0.3 is 6.18 Å².